The van der Waals surface area contributed by atoms with Crippen LogP contribution in [0.3, 0.4) is 0 Å². The van der Waals surface area contributed by atoms with E-state index in [9.17, 15) is 10.0 Å². The summed E-state index contributed by atoms with van der Waals surface area (Å²) >= 11 is 0. The first-order valence-electron chi connectivity index (χ1n) is 11.3. The van der Waals surface area contributed by atoms with E-state index >= 15 is 0 Å². The van der Waals surface area contributed by atoms with Crippen LogP contribution in [0.2, 0.25) is 0 Å². The molecule has 6 heteroatoms. The monoisotopic (exact) mass is 448 g/mol. The fourth-order valence-corrected chi connectivity index (χ4v) is 4.05. The van der Waals surface area contributed by atoms with Crippen LogP contribution in [0.25, 0.3) is 0 Å². The Kier molecular flexibility index (Phi) is 10.3. The van der Waals surface area contributed by atoms with E-state index in [0.717, 1.165) is 27.7 Å². The van der Waals surface area contributed by atoms with E-state index in [4.69, 9.17) is 9.76 Å². The molecule has 0 radical (unpaired) electrons. The molecule has 33 heavy (non-hydrogen) atoms. The molecule has 5 nitrogen and oxygen atoms in total. The van der Waals surface area contributed by atoms with Crippen LogP contribution < -0.4 is 10.0 Å². The van der Waals surface area contributed by atoms with Crippen molar-refractivity contribution in [1.29, 1.82) is 0 Å². The SMILES string of the molecule is CCC(c1ccccc1)C(OB([O-])[O-])(c1ccccc1)c1ccccc1.C[N+](C)(C)CCO. The number of benzene rings is 3. The molecule has 0 aromatic heterocycles. The van der Waals surface area contributed by atoms with E-state index in [-0.39, 0.29) is 12.5 Å². The van der Waals surface area contributed by atoms with Crippen molar-refractivity contribution in [1.82, 2.24) is 0 Å². The summed E-state index contributed by atoms with van der Waals surface area (Å²) in [5.74, 6) is -0.182. The molecule has 3 aromatic rings. The van der Waals surface area contributed by atoms with Gasteiger partial charge in [0.2, 0.25) is 0 Å². The highest BCUT2D eigenvalue weighted by molar-refractivity contribution is 6.28. The van der Waals surface area contributed by atoms with Crippen LogP contribution in [0.5, 0.6) is 0 Å². The average molecular weight is 448 g/mol. The molecule has 3 rings (SSSR count). The lowest BCUT2D eigenvalue weighted by Crippen LogP contribution is -2.55. The zero-order chi connectivity index (χ0) is 24.3. The first-order valence-corrected chi connectivity index (χ1v) is 11.3. The fraction of sp³-hybridized carbons (Fsp3) is 0.333. The third-order valence-corrected chi connectivity index (χ3v) is 5.56. The maximum absolute atomic E-state index is 11.8. The third kappa shape index (κ3) is 7.52. The van der Waals surface area contributed by atoms with E-state index in [1.54, 1.807) is 0 Å². The average Bonchev–Trinajstić information content (AvgIpc) is 2.80. The number of nitrogens with zero attached hydrogens (tertiary/aromatic N) is 1. The molecule has 0 aliphatic rings. The predicted octanol–water partition coefficient (Wildman–Crippen LogP) is 2.53. The Labute approximate surface area is 198 Å². The maximum Gasteiger partial charge on any atom is 0.106 e. The molecule has 0 amide bonds. The molecule has 176 valence electrons. The highest BCUT2D eigenvalue weighted by Gasteiger charge is 2.42. The molecule has 0 aliphatic heterocycles. The van der Waals surface area contributed by atoms with Gasteiger partial charge in [0.15, 0.2) is 0 Å². The number of rotatable bonds is 9. The van der Waals surface area contributed by atoms with E-state index in [0.29, 0.717) is 6.42 Å². The van der Waals surface area contributed by atoms with Gasteiger partial charge in [-0.3, -0.25) is 0 Å². The van der Waals surface area contributed by atoms with Gasteiger partial charge in [-0.25, -0.2) is 0 Å². The van der Waals surface area contributed by atoms with Crippen LogP contribution in [0.15, 0.2) is 91.0 Å². The molecule has 1 N–H and O–H groups in total. The summed E-state index contributed by atoms with van der Waals surface area (Å²) in [7, 11) is 3.76. The van der Waals surface area contributed by atoms with Crippen LogP contribution in [0, 0.1) is 0 Å². The van der Waals surface area contributed by atoms with Crippen LogP contribution in [0.1, 0.15) is 36.0 Å². The number of quaternary nitrogens is 1. The van der Waals surface area contributed by atoms with E-state index in [1.165, 1.54) is 0 Å². The Morgan fingerprint density at radius 1 is 0.818 bits per heavy atom. The minimum absolute atomic E-state index is 0.182. The lowest BCUT2D eigenvalue weighted by molar-refractivity contribution is -0.870. The van der Waals surface area contributed by atoms with Crippen LogP contribution in [0.4, 0.5) is 0 Å². The molecule has 1 atom stereocenters. The van der Waals surface area contributed by atoms with E-state index in [1.807, 2.05) is 97.9 Å². The Balaban J connectivity index is 0.000000479. The van der Waals surface area contributed by atoms with Gasteiger partial charge in [0, 0.05) is 5.92 Å². The van der Waals surface area contributed by atoms with E-state index < -0.39 is 12.9 Å². The quantitative estimate of drug-likeness (QED) is 0.403. The normalized spacial score (nSPS) is 12.5. The molecule has 1 unspecified atom stereocenters. The lowest BCUT2D eigenvalue weighted by atomic mass is 9.71. The summed E-state index contributed by atoms with van der Waals surface area (Å²) in [5.41, 5.74) is 1.49. The van der Waals surface area contributed by atoms with Crippen molar-refractivity contribution in [2.45, 2.75) is 24.9 Å². The van der Waals surface area contributed by atoms with Crippen molar-refractivity contribution < 1.29 is 24.3 Å². The summed E-state index contributed by atoms with van der Waals surface area (Å²) in [6.07, 6.45) is 0.709. The number of aliphatic hydroxyl groups excluding tert-OH is 1. The van der Waals surface area contributed by atoms with Gasteiger partial charge < -0.3 is 24.3 Å². The van der Waals surface area contributed by atoms with Crippen LogP contribution in [-0.2, 0) is 10.3 Å². The Hall–Kier alpha value is -2.48. The third-order valence-electron chi connectivity index (χ3n) is 5.56. The Bertz CT molecular complexity index is 876. The Morgan fingerprint density at radius 3 is 1.55 bits per heavy atom. The van der Waals surface area contributed by atoms with Crippen LogP contribution in [-0.4, -0.2) is 51.2 Å². The summed E-state index contributed by atoms with van der Waals surface area (Å²) in [5, 5.41) is 31.9. The van der Waals surface area contributed by atoms with E-state index in [2.05, 4.69) is 21.1 Å². The van der Waals surface area contributed by atoms with Crippen molar-refractivity contribution >= 4 is 7.32 Å². The first-order chi connectivity index (χ1) is 15.7. The molecule has 0 heterocycles. The second-order valence-electron chi connectivity index (χ2n) is 8.98. The smallest absolute Gasteiger partial charge is 0.106 e. The number of hydrogen-bond acceptors (Lipinski definition) is 4. The van der Waals surface area contributed by atoms with Crippen LogP contribution >= 0.6 is 0 Å². The fourth-order valence-electron chi connectivity index (χ4n) is 4.05. The zero-order valence-electron chi connectivity index (χ0n) is 20.1. The van der Waals surface area contributed by atoms with Gasteiger partial charge in [-0.1, -0.05) is 97.9 Å². The molecular weight excluding hydrogens is 413 g/mol. The number of aliphatic hydroxyl groups is 1. The second-order valence-corrected chi connectivity index (χ2v) is 8.98. The summed E-state index contributed by atoms with van der Waals surface area (Å²) in [6.45, 7) is 3.16. The number of likely N-dealkylation sites (N-methyl/N-ethyl adjacent to an activating group) is 1. The molecule has 0 saturated heterocycles. The summed E-state index contributed by atoms with van der Waals surface area (Å²) in [6, 6.07) is 29.0. The molecule has 3 aromatic carbocycles. The molecule has 0 aliphatic carbocycles. The minimum Gasteiger partial charge on any atom is -0.871 e. The van der Waals surface area contributed by atoms with Crippen molar-refractivity contribution in [3.05, 3.63) is 108 Å². The van der Waals surface area contributed by atoms with Gasteiger partial charge in [-0.15, -0.1) is 0 Å². The predicted molar refractivity (Wildman–Crippen MR) is 130 cm³/mol. The largest absolute Gasteiger partial charge is 0.871 e. The topological polar surface area (TPSA) is 75.6 Å². The van der Waals surface area contributed by atoms with Gasteiger partial charge in [-0.2, -0.15) is 0 Å². The van der Waals surface area contributed by atoms with Gasteiger partial charge in [0.1, 0.15) is 12.1 Å². The van der Waals surface area contributed by atoms with Crippen molar-refractivity contribution in [2.75, 3.05) is 34.3 Å². The Morgan fingerprint density at radius 2 is 1.24 bits per heavy atom. The highest BCUT2D eigenvalue weighted by Crippen LogP contribution is 2.47. The maximum atomic E-state index is 11.8. The van der Waals surface area contributed by atoms with Crippen molar-refractivity contribution in [3.8, 4) is 0 Å². The van der Waals surface area contributed by atoms with Gasteiger partial charge >= 0.3 is 0 Å². The van der Waals surface area contributed by atoms with Gasteiger partial charge in [-0.05, 0) is 23.1 Å². The molecular formula is C27H35BNO4-. The molecule has 0 bridgehead atoms. The highest BCUT2D eigenvalue weighted by atomic mass is 16.6. The van der Waals surface area contributed by atoms with Crippen molar-refractivity contribution in [2.24, 2.45) is 0 Å². The number of hydrogen-bond donors (Lipinski definition) is 1. The molecule has 0 fully saturated rings. The van der Waals surface area contributed by atoms with Crippen molar-refractivity contribution in [3.63, 3.8) is 0 Å². The molecule has 0 saturated carbocycles. The molecule has 0 spiro atoms. The first kappa shape index (κ1) is 26.8. The standard InChI is InChI=1S/C22H21BO3.C5H14NO/c1-2-21(18-12-6-3-7-13-18)22(26-23(24)25,19-14-8-4-9-15-19)20-16-10-5-11-17-20;1-6(2,3)4-5-7/h3-17,21H,2H2,1H3;7H,4-5H2,1-3H3/q-2;+1. The van der Waals surface area contributed by atoms with Gasteiger partial charge in [0.05, 0.1) is 35.1 Å². The summed E-state index contributed by atoms with van der Waals surface area (Å²) < 4.78 is 6.55. The second kappa shape index (κ2) is 12.7. The lowest BCUT2D eigenvalue weighted by Gasteiger charge is -2.48. The zero-order valence-corrected chi connectivity index (χ0v) is 20.1. The minimum atomic E-state index is -2.40. The summed E-state index contributed by atoms with van der Waals surface area (Å²) in [4.78, 5) is 0. The van der Waals surface area contributed by atoms with Gasteiger partial charge in [0.25, 0.3) is 0 Å².